The van der Waals surface area contributed by atoms with Crippen LogP contribution in [0.5, 0.6) is 5.75 Å². The molecule has 1 amide bonds. The number of carbonyl (C=O) groups excluding carboxylic acids is 2. The molecule has 0 aliphatic heterocycles. The highest BCUT2D eigenvalue weighted by Gasteiger charge is 2.15. The van der Waals surface area contributed by atoms with Gasteiger partial charge in [0.1, 0.15) is 17.4 Å². The highest BCUT2D eigenvalue weighted by Crippen LogP contribution is 2.18. The minimum atomic E-state index is -1.02. The summed E-state index contributed by atoms with van der Waals surface area (Å²) in [5, 5.41) is 2.46. The third-order valence-corrected chi connectivity index (χ3v) is 2.74. The summed E-state index contributed by atoms with van der Waals surface area (Å²) >= 11 is 0. The number of ether oxygens (including phenoxy) is 2. The lowest BCUT2D eigenvalue weighted by molar-refractivity contribution is 0.0729. The Morgan fingerprint density at radius 1 is 1.09 bits per heavy atom. The maximum Gasteiger partial charge on any atom is 0.411 e. The molecule has 0 radical (unpaired) electrons. The number of amides is 1. The molecule has 0 fully saturated rings. The summed E-state index contributed by atoms with van der Waals surface area (Å²) < 4.78 is 36.2. The van der Waals surface area contributed by atoms with Crippen LogP contribution in [0.4, 0.5) is 19.3 Å². The van der Waals surface area contributed by atoms with Crippen molar-refractivity contribution in [2.75, 3.05) is 11.9 Å². The zero-order valence-corrected chi connectivity index (χ0v) is 12.1. The Morgan fingerprint density at radius 3 is 2.43 bits per heavy atom. The Balaban J connectivity index is 2.04. The van der Waals surface area contributed by atoms with Crippen molar-refractivity contribution in [2.24, 2.45) is 0 Å². The monoisotopic (exact) mass is 321 g/mol. The summed E-state index contributed by atoms with van der Waals surface area (Å²) in [6.45, 7) is 1.91. The van der Waals surface area contributed by atoms with Gasteiger partial charge in [-0.25, -0.2) is 18.4 Å². The van der Waals surface area contributed by atoms with E-state index in [4.69, 9.17) is 9.47 Å². The predicted molar refractivity (Wildman–Crippen MR) is 78.4 cm³/mol. The molecule has 5 nitrogen and oxygen atoms in total. The largest absolute Gasteiger partial charge is 0.450 e. The summed E-state index contributed by atoms with van der Waals surface area (Å²) in [5.74, 6) is -2.52. The maximum atomic E-state index is 13.5. The first-order chi connectivity index (χ1) is 11.0. The van der Waals surface area contributed by atoms with Gasteiger partial charge in [0.2, 0.25) is 0 Å². The highest BCUT2D eigenvalue weighted by molar-refractivity contribution is 5.91. The van der Waals surface area contributed by atoms with Crippen molar-refractivity contribution in [1.82, 2.24) is 0 Å². The average Bonchev–Trinajstić information content (AvgIpc) is 2.52. The molecule has 0 bridgehead atoms. The first-order valence-electron chi connectivity index (χ1n) is 6.70. The van der Waals surface area contributed by atoms with Gasteiger partial charge in [0.05, 0.1) is 12.2 Å². The quantitative estimate of drug-likeness (QED) is 0.688. The molecule has 0 saturated carbocycles. The standard InChI is InChI=1S/C16H13F2NO4/c1-2-22-16(21)19-11-4-6-12(7-5-11)23-15(20)13-9-10(17)3-8-14(13)18/h3-9H,2H2,1H3,(H,19,21). The summed E-state index contributed by atoms with van der Waals surface area (Å²) in [5.41, 5.74) is -0.0705. The SMILES string of the molecule is CCOC(=O)Nc1ccc(OC(=O)c2cc(F)ccc2F)cc1. The number of nitrogens with one attached hydrogen (secondary N) is 1. The third-order valence-electron chi connectivity index (χ3n) is 2.74. The van der Waals surface area contributed by atoms with Gasteiger partial charge in [0.15, 0.2) is 0 Å². The van der Waals surface area contributed by atoms with E-state index in [0.29, 0.717) is 5.69 Å². The zero-order valence-electron chi connectivity index (χ0n) is 12.1. The first-order valence-corrected chi connectivity index (χ1v) is 6.70. The average molecular weight is 321 g/mol. The van der Waals surface area contributed by atoms with Crippen LogP contribution in [0.2, 0.25) is 0 Å². The molecule has 0 atom stereocenters. The fourth-order valence-electron chi connectivity index (χ4n) is 1.71. The number of rotatable bonds is 4. The predicted octanol–water partition coefficient (Wildman–Crippen LogP) is 3.75. The molecule has 2 aromatic carbocycles. The number of hydrogen-bond donors (Lipinski definition) is 1. The molecule has 0 unspecified atom stereocenters. The molecule has 0 heterocycles. The highest BCUT2D eigenvalue weighted by atomic mass is 19.1. The molecular weight excluding hydrogens is 308 g/mol. The molecule has 0 aromatic heterocycles. The van der Waals surface area contributed by atoms with E-state index in [-0.39, 0.29) is 12.4 Å². The van der Waals surface area contributed by atoms with Gasteiger partial charge in [0.25, 0.3) is 0 Å². The third kappa shape index (κ3) is 4.50. The van der Waals surface area contributed by atoms with Crippen LogP contribution in [0, 0.1) is 11.6 Å². The van der Waals surface area contributed by atoms with Crippen LogP contribution >= 0.6 is 0 Å². The Kier molecular flexibility index (Phi) is 5.24. The van der Waals surface area contributed by atoms with E-state index in [1.807, 2.05) is 0 Å². The number of halogens is 2. The molecule has 0 saturated heterocycles. The second-order valence-corrected chi connectivity index (χ2v) is 4.38. The van der Waals surface area contributed by atoms with E-state index < -0.39 is 29.3 Å². The van der Waals surface area contributed by atoms with Crippen LogP contribution in [0.15, 0.2) is 42.5 Å². The van der Waals surface area contributed by atoms with Crippen LogP contribution in [-0.4, -0.2) is 18.7 Å². The van der Waals surface area contributed by atoms with E-state index in [2.05, 4.69) is 5.32 Å². The normalized spacial score (nSPS) is 10.0. The van der Waals surface area contributed by atoms with Crippen molar-refractivity contribution >= 4 is 17.7 Å². The van der Waals surface area contributed by atoms with Gasteiger partial charge in [0, 0.05) is 5.69 Å². The maximum absolute atomic E-state index is 13.5. The number of esters is 1. The van der Waals surface area contributed by atoms with Crippen molar-refractivity contribution in [3.8, 4) is 5.75 Å². The minimum absolute atomic E-state index is 0.119. The van der Waals surface area contributed by atoms with Crippen molar-refractivity contribution < 1.29 is 27.8 Å². The molecule has 23 heavy (non-hydrogen) atoms. The van der Waals surface area contributed by atoms with Crippen LogP contribution in [0.1, 0.15) is 17.3 Å². The number of benzene rings is 2. The fourth-order valence-corrected chi connectivity index (χ4v) is 1.71. The van der Waals surface area contributed by atoms with Crippen molar-refractivity contribution in [2.45, 2.75) is 6.92 Å². The molecule has 7 heteroatoms. The summed E-state index contributed by atoms with van der Waals surface area (Å²) in [6, 6.07) is 8.25. The molecule has 0 aliphatic carbocycles. The van der Waals surface area contributed by atoms with Gasteiger partial charge in [-0.1, -0.05) is 0 Å². The van der Waals surface area contributed by atoms with E-state index in [9.17, 15) is 18.4 Å². The number of hydrogen-bond acceptors (Lipinski definition) is 4. The lowest BCUT2D eigenvalue weighted by Crippen LogP contribution is -2.13. The second kappa shape index (κ2) is 7.35. The zero-order chi connectivity index (χ0) is 16.8. The summed E-state index contributed by atoms with van der Waals surface area (Å²) in [6.07, 6.45) is -0.612. The summed E-state index contributed by atoms with van der Waals surface area (Å²) in [7, 11) is 0. The fraction of sp³-hybridized carbons (Fsp3) is 0.125. The molecule has 2 aromatic rings. The van der Waals surface area contributed by atoms with Crippen LogP contribution in [0.3, 0.4) is 0 Å². The van der Waals surface area contributed by atoms with Crippen LogP contribution in [-0.2, 0) is 4.74 Å². The Labute approximate surface area is 130 Å². The van der Waals surface area contributed by atoms with Crippen molar-refractivity contribution in [1.29, 1.82) is 0 Å². The van der Waals surface area contributed by atoms with E-state index in [1.165, 1.54) is 24.3 Å². The van der Waals surface area contributed by atoms with Gasteiger partial charge in [-0.3, -0.25) is 5.32 Å². The number of anilines is 1. The Bertz CT molecular complexity index is 717. The lowest BCUT2D eigenvalue weighted by atomic mass is 10.2. The van der Waals surface area contributed by atoms with Gasteiger partial charge in [-0.2, -0.15) is 0 Å². The van der Waals surface area contributed by atoms with Gasteiger partial charge >= 0.3 is 12.1 Å². The van der Waals surface area contributed by atoms with Gasteiger partial charge in [-0.15, -0.1) is 0 Å². The summed E-state index contributed by atoms with van der Waals surface area (Å²) in [4.78, 5) is 23.1. The van der Waals surface area contributed by atoms with E-state index >= 15 is 0 Å². The Morgan fingerprint density at radius 2 is 1.78 bits per heavy atom. The molecule has 2 rings (SSSR count). The topological polar surface area (TPSA) is 64.6 Å². The van der Waals surface area contributed by atoms with Gasteiger partial charge in [-0.05, 0) is 49.4 Å². The smallest absolute Gasteiger partial charge is 0.411 e. The van der Waals surface area contributed by atoms with Crippen molar-refractivity contribution in [3.05, 3.63) is 59.7 Å². The molecule has 120 valence electrons. The second-order valence-electron chi connectivity index (χ2n) is 4.38. The molecule has 1 N–H and O–H groups in total. The van der Waals surface area contributed by atoms with Gasteiger partial charge < -0.3 is 9.47 Å². The molecular formula is C16H13F2NO4. The van der Waals surface area contributed by atoms with E-state index in [0.717, 1.165) is 18.2 Å². The first kappa shape index (κ1) is 16.4. The molecule has 0 aliphatic rings. The van der Waals surface area contributed by atoms with E-state index in [1.54, 1.807) is 6.92 Å². The lowest BCUT2D eigenvalue weighted by Gasteiger charge is -2.07. The number of carbonyl (C=O) groups is 2. The van der Waals surface area contributed by atoms with Crippen LogP contribution < -0.4 is 10.1 Å². The molecule has 0 spiro atoms. The minimum Gasteiger partial charge on any atom is -0.450 e. The van der Waals surface area contributed by atoms with Crippen LogP contribution in [0.25, 0.3) is 0 Å². The van der Waals surface area contributed by atoms with Crippen molar-refractivity contribution in [3.63, 3.8) is 0 Å². The Hall–Kier alpha value is -2.96.